The summed E-state index contributed by atoms with van der Waals surface area (Å²) in [5.74, 6) is 8.74. The zero-order chi connectivity index (χ0) is 21.8. The number of hydrogen-bond donors (Lipinski definition) is 0. The molecule has 0 unspecified atom stereocenters. The second kappa shape index (κ2) is 6.89. The van der Waals surface area contributed by atoms with Crippen molar-refractivity contribution in [2.75, 3.05) is 0 Å². The zero-order valence-electron chi connectivity index (χ0n) is 19.5. The minimum Gasteiger partial charge on any atom is -0.217 e. The molecule has 33 heavy (non-hydrogen) atoms. The fourth-order valence-electron chi connectivity index (χ4n) is 10.4. The highest BCUT2D eigenvalue weighted by Crippen LogP contribution is 2.62. The van der Waals surface area contributed by atoms with Gasteiger partial charge < -0.3 is 0 Å². The van der Waals surface area contributed by atoms with Gasteiger partial charge >= 0.3 is 0 Å². The third kappa shape index (κ3) is 3.08. The highest BCUT2D eigenvalue weighted by Gasteiger charge is 2.56. The van der Waals surface area contributed by atoms with Crippen LogP contribution in [0.25, 0.3) is 11.4 Å². The van der Waals surface area contributed by atoms with Gasteiger partial charge in [-0.15, -0.1) is 0 Å². The van der Waals surface area contributed by atoms with E-state index in [0.29, 0.717) is 0 Å². The minimum atomic E-state index is 0.218. The third-order valence-electron chi connectivity index (χ3n) is 10.7. The van der Waals surface area contributed by atoms with E-state index in [2.05, 4.69) is 40.2 Å². The first-order valence-corrected chi connectivity index (χ1v) is 14.4. The smallest absolute Gasteiger partial charge is 0.163 e. The van der Waals surface area contributed by atoms with Gasteiger partial charge in [0.25, 0.3) is 0 Å². The molecule has 0 radical (unpaired) electrons. The molecule has 3 nitrogen and oxygen atoms in total. The monoisotopic (exact) mass is 503 g/mol. The molecule has 0 N–H and O–H groups in total. The van der Waals surface area contributed by atoms with Crippen LogP contribution in [-0.2, 0) is 10.8 Å². The second-order valence-corrected chi connectivity index (χ2v) is 14.1. The summed E-state index contributed by atoms with van der Waals surface area (Å²) >= 11 is 3.69. The van der Waals surface area contributed by atoms with Crippen LogP contribution in [0.15, 0.2) is 28.7 Å². The number of benzene rings is 1. The number of nitrogens with zero attached hydrogens (tertiary/aromatic N) is 3. The fraction of sp³-hybridized carbons (Fsp3) is 0.690. The average molecular weight is 505 g/mol. The molecule has 10 rings (SSSR count). The van der Waals surface area contributed by atoms with E-state index < -0.39 is 0 Å². The predicted octanol–water partition coefficient (Wildman–Crippen LogP) is 7.24. The van der Waals surface area contributed by atoms with Gasteiger partial charge in [-0.05, 0) is 125 Å². The first-order chi connectivity index (χ1) is 16.0. The van der Waals surface area contributed by atoms with Gasteiger partial charge in [-0.1, -0.05) is 28.1 Å². The lowest BCUT2D eigenvalue weighted by Crippen LogP contribution is -2.51. The highest BCUT2D eigenvalue weighted by atomic mass is 79.9. The van der Waals surface area contributed by atoms with Crippen LogP contribution in [0.1, 0.15) is 88.7 Å². The maximum absolute atomic E-state index is 5.53. The Bertz CT molecular complexity index is 991. The van der Waals surface area contributed by atoms with Crippen molar-refractivity contribution >= 4 is 15.9 Å². The molecule has 1 aromatic heterocycles. The molecule has 8 saturated carbocycles. The standard InChI is InChI=1S/C29H34BrN3/c30-24-3-1-2-23(10-24)25-31-26(28-11-17-4-18(12-28)6-19(5-17)13-28)33-27(32-25)29-14-20-7-21(15-29)9-22(8-20)16-29/h1-3,10,17-22H,4-9,11-16H2. The number of halogens is 1. The number of aromatic nitrogens is 3. The van der Waals surface area contributed by atoms with Crippen molar-refractivity contribution in [1.29, 1.82) is 0 Å². The summed E-state index contributed by atoms with van der Waals surface area (Å²) in [4.78, 5) is 16.2. The second-order valence-electron chi connectivity index (χ2n) is 13.2. The van der Waals surface area contributed by atoms with Crippen molar-refractivity contribution in [3.63, 3.8) is 0 Å². The van der Waals surface area contributed by atoms with E-state index in [1.54, 1.807) is 0 Å². The van der Waals surface area contributed by atoms with E-state index in [4.69, 9.17) is 15.0 Å². The van der Waals surface area contributed by atoms with Crippen molar-refractivity contribution < 1.29 is 0 Å². The van der Waals surface area contributed by atoms with Crippen LogP contribution in [0.3, 0.4) is 0 Å². The maximum Gasteiger partial charge on any atom is 0.163 e. The van der Waals surface area contributed by atoms with Crippen LogP contribution in [0.2, 0.25) is 0 Å². The molecular weight excluding hydrogens is 470 g/mol. The van der Waals surface area contributed by atoms with Crippen LogP contribution in [0.4, 0.5) is 0 Å². The molecule has 2 aromatic rings. The predicted molar refractivity (Wildman–Crippen MR) is 133 cm³/mol. The molecule has 0 atom stereocenters. The highest BCUT2D eigenvalue weighted by molar-refractivity contribution is 9.10. The summed E-state index contributed by atoms with van der Waals surface area (Å²) < 4.78 is 1.10. The van der Waals surface area contributed by atoms with Crippen molar-refractivity contribution in [2.24, 2.45) is 35.5 Å². The van der Waals surface area contributed by atoms with Crippen LogP contribution in [0, 0.1) is 35.5 Å². The zero-order valence-corrected chi connectivity index (χ0v) is 21.1. The first-order valence-electron chi connectivity index (χ1n) is 13.6. The number of rotatable bonds is 3. The molecule has 0 aliphatic heterocycles. The van der Waals surface area contributed by atoms with Gasteiger partial charge in [-0.2, -0.15) is 0 Å². The normalized spacial score (nSPS) is 44.5. The van der Waals surface area contributed by atoms with Gasteiger partial charge in [0.1, 0.15) is 11.6 Å². The average Bonchev–Trinajstić information content (AvgIpc) is 2.77. The molecule has 172 valence electrons. The summed E-state index contributed by atoms with van der Waals surface area (Å²) in [7, 11) is 0. The van der Waals surface area contributed by atoms with E-state index in [9.17, 15) is 0 Å². The van der Waals surface area contributed by atoms with Crippen molar-refractivity contribution in [3.05, 3.63) is 40.4 Å². The van der Waals surface area contributed by atoms with Crippen molar-refractivity contribution in [3.8, 4) is 11.4 Å². The van der Waals surface area contributed by atoms with E-state index in [1.165, 1.54) is 88.7 Å². The maximum atomic E-state index is 5.53. The fourth-order valence-corrected chi connectivity index (χ4v) is 10.8. The topological polar surface area (TPSA) is 38.7 Å². The molecule has 4 heteroatoms. The third-order valence-corrected chi connectivity index (χ3v) is 11.2. The summed E-state index contributed by atoms with van der Waals surface area (Å²) in [5, 5.41) is 0. The summed E-state index contributed by atoms with van der Waals surface area (Å²) in [6, 6.07) is 8.61. The largest absolute Gasteiger partial charge is 0.217 e. The van der Waals surface area contributed by atoms with Crippen LogP contribution >= 0.6 is 15.9 Å². The lowest BCUT2D eigenvalue weighted by Gasteiger charge is -2.57. The molecule has 8 bridgehead atoms. The van der Waals surface area contributed by atoms with Gasteiger partial charge in [0.15, 0.2) is 5.82 Å². The molecule has 0 saturated heterocycles. The van der Waals surface area contributed by atoms with E-state index >= 15 is 0 Å². The van der Waals surface area contributed by atoms with Gasteiger partial charge in [0.2, 0.25) is 0 Å². The number of hydrogen-bond acceptors (Lipinski definition) is 3. The Labute approximate surface area is 205 Å². The summed E-state index contributed by atoms with van der Waals surface area (Å²) in [6.07, 6.45) is 16.7. The lowest BCUT2D eigenvalue weighted by molar-refractivity contribution is -0.0155. The summed E-state index contributed by atoms with van der Waals surface area (Å²) in [6.45, 7) is 0. The molecular formula is C29H34BrN3. The van der Waals surface area contributed by atoms with Crippen LogP contribution in [0.5, 0.6) is 0 Å². The molecule has 8 fully saturated rings. The van der Waals surface area contributed by atoms with Gasteiger partial charge in [0.05, 0.1) is 0 Å². The summed E-state index contributed by atoms with van der Waals surface area (Å²) in [5.41, 5.74) is 1.58. The Hall–Kier alpha value is -1.29. The molecule has 8 aliphatic carbocycles. The van der Waals surface area contributed by atoms with Gasteiger partial charge in [0, 0.05) is 20.9 Å². The Balaban J connectivity index is 1.29. The minimum absolute atomic E-state index is 0.218. The molecule has 1 aromatic carbocycles. The van der Waals surface area contributed by atoms with E-state index in [0.717, 1.165) is 51.4 Å². The van der Waals surface area contributed by atoms with Crippen molar-refractivity contribution in [2.45, 2.75) is 87.9 Å². The Morgan fingerprint density at radius 2 is 1.03 bits per heavy atom. The van der Waals surface area contributed by atoms with Crippen molar-refractivity contribution in [1.82, 2.24) is 15.0 Å². The molecule has 0 spiro atoms. The SMILES string of the molecule is Brc1cccc(-c2nc(C34CC5CC(CC(C5)C3)C4)nc(C34CC5CC(CC(C5)C3)C4)n2)c1. The van der Waals surface area contributed by atoms with Crippen LogP contribution < -0.4 is 0 Å². The Morgan fingerprint density at radius 3 is 1.42 bits per heavy atom. The Kier molecular flexibility index (Phi) is 4.17. The van der Waals surface area contributed by atoms with Gasteiger partial charge in [-0.25, -0.2) is 15.0 Å². The lowest BCUT2D eigenvalue weighted by atomic mass is 9.49. The molecule has 8 aliphatic rings. The van der Waals surface area contributed by atoms with E-state index in [1.807, 2.05) is 0 Å². The van der Waals surface area contributed by atoms with E-state index in [-0.39, 0.29) is 10.8 Å². The molecule has 0 amide bonds. The Morgan fingerprint density at radius 1 is 0.606 bits per heavy atom. The quantitative estimate of drug-likeness (QED) is 0.442. The van der Waals surface area contributed by atoms with Gasteiger partial charge in [-0.3, -0.25) is 0 Å². The molecule has 1 heterocycles. The van der Waals surface area contributed by atoms with Crippen LogP contribution in [-0.4, -0.2) is 15.0 Å². The first kappa shape index (κ1) is 20.0.